The largest absolute Gasteiger partial charge is 0.325 e. The molecule has 130 valence electrons. The van der Waals surface area contributed by atoms with Gasteiger partial charge in [-0.25, -0.2) is 4.79 Å². The molecule has 1 aliphatic heterocycles. The van der Waals surface area contributed by atoms with Crippen molar-refractivity contribution in [1.29, 1.82) is 0 Å². The Bertz CT molecular complexity index is 629. The maximum atomic E-state index is 12.9. The van der Waals surface area contributed by atoms with Gasteiger partial charge in [0.1, 0.15) is 11.2 Å². The van der Waals surface area contributed by atoms with Crippen LogP contribution in [-0.2, 0) is 17.9 Å². The molecule has 0 atom stereocenters. The summed E-state index contributed by atoms with van der Waals surface area (Å²) in [5.74, 6) is 0.619. The predicted octanol–water partition coefficient (Wildman–Crippen LogP) is 2.22. The Morgan fingerprint density at radius 3 is 2.54 bits per heavy atom. The standard InChI is InChI=1S/C17H25N5O2/c23-15-17(8-3-1-2-4-9-17)18-16(24)22(15)12-14-11-21(20-19-14)10-13-6-5-7-13/h11,13H,1-10,12H2,(H,18,24). The lowest BCUT2D eigenvalue weighted by Crippen LogP contribution is -2.46. The Morgan fingerprint density at radius 1 is 1.12 bits per heavy atom. The van der Waals surface area contributed by atoms with E-state index < -0.39 is 5.54 Å². The summed E-state index contributed by atoms with van der Waals surface area (Å²) in [6.07, 6.45) is 11.5. The molecule has 3 aliphatic rings. The highest BCUT2D eigenvalue weighted by Gasteiger charge is 2.50. The van der Waals surface area contributed by atoms with Crippen molar-refractivity contribution in [2.24, 2.45) is 5.92 Å². The number of aromatic nitrogens is 3. The topological polar surface area (TPSA) is 80.1 Å². The van der Waals surface area contributed by atoms with Crippen LogP contribution in [0.4, 0.5) is 4.79 Å². The van der Waals surface area contributed by atoms with Crippen LogP contribution in [0, 0.1) is 5.92 Å². The zero-order chi connectivity index (χ0) is 16.6. The average molecular weight is 331 g/mol. The van der Waals surface area contributed by atoms with E-state index in [1.165, 1.54) is 24.2 Å². The third-order valence-corrected chi connectivity index (χ3v) is 5.78. The molecule has 1 aromatic rings. The Hall–Kier alpha value is -1.92. The SMILES string of the molecule is O=C1NC2(CCCCCC2)C(=O)N1Cc1cn(CC2CCC2)nn1. The van der Waals surface area contributed by atoms with Gasteiger partial charge in [-0.1, -0.05) is 37.3 Å². The highest BCUT2D eigenvalue weighted by Crippen LogP contribution is 2.33. The smallest absolute Gasteiger partial charge is 0.323 e. The van der Waals surface area contributed by atoms with Gasteiger partial charge >= 0.3 is 6.03 Å². The summed E-state index contributed by atoms with van der Waals surface area (Å²) in [7, 11) is 0. The van der Waals surface area contributed by atoms with Gasteiger partial charge in [0.15, 0.2) is 0 Å². The molecule has 24 heavy (non-hydrogen) atoms. The van der Waals surface area contributed by atoms with Crippen LogP contribution in [0.5, 0.6) is 0 Å². The van der Waals surface area contributed by atoms with E-state index in [9.17, 15) is 9.59 Å². The Kier molecular flexibility index (Phi) is 4.02. The Labute approximate surface area is 141 Å². The van der Waals surface area contributed by atoms with Crippen molar-refractivity contribution in [1.82, 2.24) is 25.2 Å². The van der Waals surface area contributed by atoms with E-state index >= 15 is 0 Å². The molecule has 7 nitrogen and oxygen atoms in total. The van der Waals surface area contributed by atoms with Crippen LogP contribution in [0.2, 0.25) is 0 Å². The average Bonchev–Trinajstić information content (AvgIpc) is 2.95. The van der Waals surface area contributed by atoms with Gasteiger partial charge < -0.3 is 5.32 Å². The van der Waals surface area contributed by atoms with E-state index in [1.807, 2.05) is 10.9 Å². The van der Waals surface area contributed by atoms with Gasteiger partial charge in [0, 0.05) is 6.54 Å². The first kappa shape index (κ1) is 15.6. The number of carbonyl (C=O) groups excluding carboxylic acids is 2. The van der Waals surface area contributed by atoms with Crippen LogP contribution in [-0.4, -0.2) is 37.4 Å². The molecule has 2 saturated carbocycles. The van der Waals surface area contributed by atoms with E-state index in [0.717, 1.165) is 45.1 Å². The van der Waals surface area contributed by atoms with E-state index in [4.69, 9.17) is 0 Å². The molecule has 1 aromatic heterocycles. The summed E-state index contributed by atoms with van der Waals surface area (Å²) in [6.45, 7) is 1.11. The van der Waals surface area contributed by atoms with Gasteiger partial charge in [0.2, 0.25) is 0 Å². The first-order chi connectivity index (χ1) is 11.7. The van der Waals surface area contributed by atoms with Gasteiger partial charge in [-0.2, -0.15) is 0 Å². The highest BCUT2D eigenvalue weighted by atomic mass is 16.2. The molecule has 1 spiro atoms. The first-order valence-electron chi connectivity index (χ1n) is 9.19. The molecule has 3 fully saturated rings. The van der Waals surface area contributed by atoms with Gasteiger partial charge in [-0.05, 0) is 31.6 Å². The van der Waals surface area contributed by atoms with Crippen LogP contribution in [0.25, 0.3) is 0 Å². The molecule has 3 amide bonds. The van der Waals surface area contributed by atoms with E-state index in [-0.39, 0.29) is 18.5 Å². The summed E-state index contributed by atoms with van der Waals surface area (Å²) in [4.78, 5) is 26.6. The molecule has 1 N–H and O–H groups in total. The van der Waals surface area contributed by atoms with E-state index in [1.54, 1.807) is 0 Å². The third-order valence-electron chi connectivity index (χ3n) is 5.78. The molecule has 4 rings (SSSR count). The minimum Gasteiger partial charge on any atom is -0.323 e. The van der Waals surface area contributed by atoms with Crippen LogP contribution in [0.15, 0.2) is 6.20 Å². The van der Waals surface area contributed by atoms with Gasteiger partial charge in [-0.3, -0.25) is 14.4 Å². The minimum atomic E-state index is -0.671. The number of urea groups is 1. The van der Waals surface area contributed by atoms with Crippen molar-refractivity contribution in [3.63, 3.8) is 0 Å². The highest BCUT2D eigenvalue weighted by molar-refractivity contribution is 6.06. The van der Waals surface area contributed by atoms with Crippen molar-refractivity contribution in [2.45, 2.75) is 76.4 Å². The van der Waals surface area contributed by atoms with E-state index in [0.29, 0.717) is 11.6 Å². The van der Waals surface area contributed by atoms with Gasteiger partial charge in [-0.15, -0.1) is 5.10 Å². The minimum absolute atomic E-state index is 0.0806. The second-order valence-electron chi connectivity index (χ2n) is 7.55. The fraction of sp³-hybridized carbons (Fsp3) is 0.765. The fourth-order valence-electron chi connectivity index (χ4n) is 4.09. The molecular weight excluding hydrogens is 306 g/mol. The summed E-state index contributed by atoms with van der Waals surface area (Å²) in [5.41, 5.74) is 0.0127. The molecule has 0 bridgehead atoms. The number of imide groups is 1. The molecule has 0 unspecified atom stereocenters. The zero-order valence-electron chi connectivity index (χ0n) is 14.0. The van der Waals surface area contributed by atoms with Crippen molar-refractivity contribution in [2.75, 3.05) is 0 Å². The van der Waals surface area contributed by atoms with Crippen LogP contribution >= 0.6 is 0 Å². The predicted molar refractivity (Wildman–Crippen MR) is 86.9 cm³/mol. The Morgan fingerprint density at radius 2 is 1.88 bits per heavy atom. The van der Waals surface area contributed by atoms with Gasteiger partial charge in [0.25, 0.3) is 5.91 Å². The maximum absolute atomic E-state index is 12.9. The molecule has 1 saturated heterocycles. The number of nitrogens with zero attached hydrogens (tertiary/aromatic N) is 4. The second kappa shape index (κ2) is 6.18. The number of hydrogen-bond acceptors (Lipinski definition) is 4. The Balaban J connectivity index is 1.44. The van der Waals surface area contributed by atoms with Crippen molar-refractivity contribution in [3.05, 3.63) is 11.9 Å². The summed E-state index contributed by atoms with van der Waals surface area (Å²) >= 11 is 0. The number of carbonyl (C=O) groups is 2. The first-order valence-corrected chi connectivity index (χ1v) is 9.19. The number of amides is 3. The molecular formula is C17H25N5O2. The fourth-order valence-corrected chi connectivity index (χ4v) is 4.09. The molecule has 2 aliphatic carbocycles. The maximum Gasteiger partial charge on any atom is 0.325 e. The number of rotatable bonds is 4. The van der Waals surface area contributed by atoms with Crippen LogP contribution in [0.1, 0.15) is 63.5 Å². The lowest BCUT2D eigenvalue weighted by Gasteiger charge is -2.24. The van der Waals surface area contributed by atoms with Crippen LogP contribution < -0.4 is 5.32 Å². The lowest BCUT2D eigenvalue weighted by molar-refractivity contribution is -0.132. The second-order valence-corrected chi connectivity index (χ2v) is 7.55. The van der Waals surface area contributed by atoms with Crippen LogP contribution in [0.3, 0.4) is 0 Å². The third kappa shape index (κ3) is 2.80. The summed E-state index contributed by atoms with van der Waals surface area (Å²) < 4.78 is 1.85. The van der Waals surface area contributed by atoms with E-state index in [2.05, 4.69) is 15.6 Å². The van der Waals surface area contributed by atoms with Crippen molar-refractivity contribution < 1.29 is 9.59 Å². The summed E-state index contributed by atoms with van der Waals surface area (Å²) in [6, 6.07) is -0.282. The molecule has 0 radical (unpaired) electrons. The molecule has 0 aromatic carbocycles. The quantitative estimate of drug-likeness (QED) is 0.858. The monoisotopic (exact) mass is 331 g/mol. The number of hydrogen-bond donors (Lipinski definition) is 1. The normalized spacial score (nSPS) is 24.1. The van der Waals surface area contributed by atoms with Gasteiger partial charge in [0.05, 0.1) is 12.7 Å². The molecule has 2 heterocycles. The van der Waals surface area contributed by atoms with Crippen molar-refractivity contribution in [3.8, 4) is 0 Å². The zero-order valence-corrected chi connectivity index (χ0v) is 14.0. The summed E-state index contributed by atoms with van der Waals surface area (Å²) in [5, 5.41) is 11.3. The van der Waals surface area contributed by atoms with Crippen molar-refractivity contribution >= 4 is 11.9 Å². The number of nitrogens with one attached hydrogen (secondary N) is 1. The molecule has 7 heteroatoms. The lowest BCUT2D eigenvalue weighted by atomic mass is 9.85.